The first-order chi connectivity index (χ1) is 14.7. The van der Waals surface area contributed by atoms with Crippen LogP contribution in [0.25, 0.3) is 0 Å². The van der Waals surface area contributed by atoms with Crippen LogP contribution in [0.4, 0.5) is 0 Å². The lowest BCUT2D eigenvalue weighted by Crippen LogP contribution is -2.38. The monoisotopic (exact) mass is 429 g/mol. The molecule has 1 saturated carbocycles. The van der Waals surface area contributed by atoms with Gasteiger partial charge in [0.2, 0.25) is 0 Å². The normalized spacial score (nSPS) is 13.7. The Labute approximate surface area is 182 Å². The summed E-state index contributed by atoms with van der Waals surface area (Å²) in [5, 5.41) is 10.7. The predicted molar refractivity (Wildman–Crippen MR) is 121 cm³/mol. The molecule has 2 aromatic rings. The van der Waals surface area contributed by atoms with E-state index in [-0.39, 0.29) is 12.5 Å². The largest absolute Gasteiger partial charge is 0.484 e. The van der Waals surface area contributed by atoms with Crippen LogP contribution in [0.2, 0.25) is 0 Å². The van der Waals surface area contributed by atoms with Gasteiger partial charge in [-0.2, -0.15) is 0 Å². The van der Waals surface area contributed by atoms with Crippen LogP contribution in [-0.4, -0.2) is 42.6 Å². The second-order valence-corrected chi connectivity index (χ2v) is 8.42. The van der Waals surface area contributed by atoms with E-state index in [0.717, 1.165) is 55.3 Å². The standard InChI is InChI=1S/C22H31N5O2S/c1-3-19-14-25-21(30-19)10-11-24-22(23-4-2)26-13-16-6-5-7-18(12-16)29-15-20(28)27-17-8-9-17/h5-7,12,14,17H,3-4,8-11,13,15H2,1-2H3,(H,27,28)(H2,23,24,26). The summed E-state index contributed by atoms with van der Waals surface area (Å²) in [5.41, 5.74) is 1.03. The molecule has 0 radical (unpaired) electrons. The average Bonchev–Trinajstić information content (AvgIpc) is 3.45. The molecule has 0 atom stereocenters. The molecular weight excluding hydrogens is 398 g/mol. The maximum Gasteiger partial charge on any atom is 0.258 e. The van der Waals surface area contributed by atoms with Gasteiger partial charge in [-0.05, 0) is 43.9 Å². The van der Waals surface area contributed by atoms with Crippen molar-refractivity contribution in [3.05, 3.63) is 45.9 Å². The Kier molecular flexibility index (Phi) is 8.50. The van der Waals surface area contributed by atoms with E-state index < -0.39 is 0 Å². The lowest BCUT2D eigenvalue weighted by atomic mass is 10.2. The number of benzene rings is 1. The molecule has 30 heavy (non-hydrogen) atoms. The molecular formula is C22H31N5O2S. The van der Waals surface area contributed by atoms with Crippen molar-refractivity contribution in [1.29, 1.82) is 0 Å². The maximum absolute atomic E-state index is 11.8. The first kappa shape index (κ1) is 22.1. The maximum atomic E-state index is 11.8. The van der Waals surface area contributed by atoms with Crippen LogP contribution in [0.1, 0.15) is 42.1 Å². The number of nitrogens with one attached hydrogen (secondary N) is 3. The lowest BCUT2D eigenvalue weighted by molar-refractivity contribution is -0.123. The van der Waals surface area contributed by atoms with Crippen molar-refractivity contribution in [3.8, 4) is 5.75 Å². The summed E-state index contributed by atoms with van der Waals surface area (Å²) in [6.45, 7) is 6.34. The minimum Gasteiger partial charge on any atom is -0.484 e. The Morgan fingerprint density at radius 3 is 2.90 bits per heavy atom. The number of hydrogen-bond acceptors (Lipinski definition) is 5. The Hall–Kier alpha value is -2.61. The van der Waals surface area contributed by atoms with Gasteiger partial charge in [0.15, 0.2) is 12.6 Å². The summed E-state index contributed by atoms with van der Waals surface area (Å²) >= 11 is 1.77. The van der Waals surface area contributed by atoms with Crippen LogP contribution in [0.15, 0.2) is 35.5 Å². The minimum atomic E-state index is -0.0640. The smallest absolute Gasteiger partial charge is 0.258 e. The molecule has 162 valence electrons. The molecule has 3 N–H and O–H groups in total. The Balaban J connectivity index is 1.47. The highest BCUT2D eigenvalue weighted by atomic mass is 32.1. The quantitative estimate of drug-likeness (QED) is 0.378. The summed E-state index contributed by atoms with van der Waals surface area (Å²) in [7, 11) is 0. The molecule has 1 aromatic heterocycles. The molecule has 1 aliphatic carbocycles. The lowest BCUT2D eigenvalue weighted by Gasteiger charge is -2.11. The topological polar surface area (TPSA) is 87.6 Å². The zero-order chi connectivity index (χ0) is 21.2. The molecule has 1 amide bonds. The van der Waals surface area contributed by atoms with Gasteiger partial charge in [-0.15, -0.1) is 11.3 Å². The average molecular weight is 430 g/mol. The number of aryl methyl sites for hydroxylation is 1. The molecule has 0 unspecified atom stereocenters. The molecule has 1 fully saturated rings. The summed E-state index contributed by atoms with van der Waals surface area (Å²) in [5.74, 6) is 1.40. The van der Waals surface area contributed by atoms with E-state index in [1.54, 1.807) is 11.3 Å². The van der Waals surface area contributed by atoms with Crippen molar-refractivity contribution >= 4 is 23.2 Å². The third-order valence-electron chi connectivity index (χ3n) is 4.56. The highest BCUT2D eigenvalue weighted by Crippen LogP contribution is 2.19. The highest BCUT2D eigenvalue weighted by Gasteiger charge is 2.23. The predicted octanol–water partition coefficient (Wildman–Crippen LogP) is 2.66. The zero-order valence-electron chi connectivity index (χ0n) is 17.7. The fraction of sp³-hybridized carbons (Fsp3) is 0.500. The number of carbonyl (C=O) groups is 1. The molecule has 0 saturated heterocycles. The molecule has 3 rings (SSSR count). The number of aliphatic imine (C=N–C) groups is 1. The molecule has 1 aromatic carbocycles. The Morgan fingerprint density at radius 1 is 1.30 bits per heavy atom. The van der Waals surface area contributed by atoms with Gasteiger partial charge in [0.1, 0.15) is 5.75 Å². The van der Waals surface area contributed by atoms with Crippen molar-refractivity contribution in [2.45, 2.75) is 52.1 Å². The van der Waals surface area contributed by atoms with Crippen LogP contribution >= 0.6 is 11.3 Å². The van der Waals surface area contributed by atoms with E-state index in [4.69, 9.17) is 4.74 Å². The molecule has 8 heteroatoms. The van der Waals surface area contributed by atoms with Crippen LogP contribution in [0.5, 0.6) is 5.75 Å². The van der Waals surface area contributed by atoms with Crippen LogP contribution in [-0.2, 0) is 24.2 Å². The second-order valence-electron chi connectivity index (χ2n) is 7.22. The van der Waals surface area contributed by atoms with Gasteiger partial charge in [0.05, 0.1) is 11.6 Å². The van der Waals surface area contributed by atoms with Gasteiger partial charge in [-0.1, -0.05) is 19.1 Å². The SMILES string of the molecule is CCNC(=NCc1cccc(OCC(=O)NC2CC2)c1)NCCc1ncc(CC)s1. The summed E-state index contributed by atoms with van der Waals surface area (Å²) < 4.78 is 5.62. The number of nitrogens with zero attached hydrogens (tertiary/aromatic N) is 2. The molecule has 0 spiro atoms. The zero-order valence-corrected chi connectivity index (χ0v) is 18.6. The molecule has 0 bridgehead atoms. The Bertz CT molecular complexity index is 848. The first-order valence-corrected chi connectivity index (χ1v) is 11.4. The number of rotatable bonds is 11. The molecule has 1 aliphatic rings. The van der Waals surface area contributed by atoms with Crippen molar-refractivity contribution in [1.82, 2.24) is 20.9 Å². The third-order valence-corrected chi connectivity index (χ3v) is 5.76. The van der Waals surface area contributed by atoms with Gasteiger partial charge < -0.3 is 20.7 Å². The number of aromatic nitrogens is 1. The van der Waals surface area contributed by atoms with E-state index in [1.807, 2.05) is 37.4 Å². The van der Waals surface area contributed by atoms with Crippen LogP contribution < -0.4 is 20.7 Å². The van der Waals surface area contributed by atoms with Gasteiger partial charge in [-0.3, -0.25) is 4.79 Å². The first-order valence-electron chi connectivity index (χ1n) is 10.6. The van der Waals surface area contributed by atoms with Gasteiger partial charge in [0, 0.05) is 36.6 Å². The second kappa shape index (κ2) is 11.5. The van der Waals surface area contributed by atoms with Gasteiger partial charge in [-0.25, -0.2) is 9.98 Å². The number of hydrogen-bond donors (Lipinski definition) is 3. The number of guanidine groups is 1. The van der Waals surface area contributed by atoms with Crippen molar-refractivity contribution in [2.24, 2.45) is 4.99 Å². The number of thiazole rings is 1. The number of amides is 1. The summed E-state index contributed by atoms with van der Waals surface area (Å²) in [4.78, 5) is 22.2. The van der Waals surface area contributed by atoms with Crippen LogP contribution in [0.3, 0.4) is 0 Å². The fourth-order valence-electron chi connectivity index (χ4n) is 2.81. The summed E-state index contributed by atoms with van der Waals surface area (Å²) in [6, 6.07) is 8.07. The molecule has 1 heterocycles. The Morgan fingerprint density at radius 2 is 2.17 bits per heavy atom. The number of ether oxygens (including phenoxy) is 1. The van der Waals surface area contributed by atoms with E-state index in [0.29, 0.717) is 18.3 Å². The van der Waals surface area contributed by atoms with Crippen molar-refractivity contribution in [2.75, 3.05) is 19.7 Å². The van der Waals surface area contributed by atoms with Crippen LogP contribution in [0, 0.1) is 0 Å². The molecule has 0 aliphatic heterocycles. The van der Waals surface area contributed by atoms with Crippen molar-refractivity contribution in [3.63, 3.8) is 0 Å². The van der Waals surface area contributed by atoms with E-state index in [1.165, 1.54) is 4.88 Å². The number of carbonyl (C=O) groups excluding carboxylic acids is 1. The highest BCUT2D eigenvalue weighted by molar-refractivity contribution is 7.11. The fourth-order valence-corrected chi connectivity index (χ4v) is 3.67. The van der Waals surface area contributed by atoms with Crippen molar-refractivity contribution < 1.29 is 9.53 Å². The minimum absolute atomic E-state index is 0.0456. The van der Waals surface area contributed by atoms with E-state index in [9.17, 15) is 4.79 Å². The third kappa shape index (κ3) is 7.67. The summed E-state index contributed by atoms with van der Waals surface area (Å²) in [6.07, 6.45) is 6.02. The van der Waals surface area contributed by atoms with E-state index >= 15 is 0 Å². The van der Waals surface area contributed by atoms with E-state index in [2.05, 4.69) is 32.9 Å². The van der Waals surface area contributed by atoms with Gasteiger partial charge >= 0.3 is 0 Å². The van der Waals surface area contributed by atoms with Gasteiger partial charge in [0.25, 0.3) is 5.91 Å². The molecule has 7 nitrogen and oxygen atoms in total.